The van der Waals surface area contributed by atoms with E-state index in [1.54, 1.807) is 0 Å². The van der Waals surface area contributed by atoms with Gasteiger partial charge in [-0.2, -0.15) is 5.48 Å². The molecule has 2 saturated heterocycles. The second-order valence-corrected chi connectivity index (χ2v) is 7.02. The van der Waals surface area contributed by atoms with E-state index in [0.717, 1.165) is 31.6 Å². The number of rotatable bonds is 5. The van der Waals surface area contributed by atoms with Gasteiger partial charge in [0.2, 0.25) is 0 Å². The molecule has 132 valence electrons. The fraction of sp³-hybridized carbons (Fsp3) is 0.526. The summed E-state index contributed by atoms with van der Waals surface area (Å²) in [7, 11) is 0. The van der Waals surface area contributed by atoms with Crippen LogP contribution in [-0.2, 0) is 9.63 Å². The lowest BCUT2D eigenvalue weighted by Crippen LogP contribution is -2.37. The zero-order chi connectivity index (χ0) is 17.1. The molecule has 0 amide bonds. The van der Waals surface area contributed by atoms with Crippen LogP contribution < -0.4 is 10.9 Å². The summed E-state index contributed by atoms with van der Waals surface area (Å²) in [5.41, 5.74) is 7.43. The lowest BCUT2D eigenvalue weighted by Gasteiger charge is -2.21. The van der Waals surface area contributed by atoms with Crippen molar-refractivity contribution in [2.45, 2.75) is 25.0 Å². The Morgan fingerprint density at radius 2 is 2.24 bits per heavy atom. The Bertz CT molecular complexity index is 671. The van der Waals surface area contributed by atoms with Crippen molar-refractivity contribution in [3.63, 3.8) is 0 Å². The second-order valence-electron chi connectivity index (χ2n) is 7.02. The van der Waals surface area contributed by atoms with Crippen molar-refractivity contribution in [2.24, 2.45) is 16.8 Å². The van der Waals surface area contributed by atoms with Crippen molar-refractivity contribution < 1.29 is 9.63 Å². The predicted octanol–water partition coefficient (Wildman–Crippen LogP) is 1.27. The minimum absolute atomic E-state index is 0.0110. The molecule has 1 aromatic rings. The first-order valence-electron chi connectivity index (χ1n) is 9.03. The van der Waals surface area contributed by atoms with Crippen molar-refractivity contribution in [1.82, 2.24) is 15.9 Å². The van der Waals surface area contributed by atoms with E-state index < -0.39 is 0 Å². The Morgan fingerprint density at radius 3 is 3.04 bits per heavy atom. The maximum Gasteiger partial charge on any atom is 0.157 e. The second kappa shape index (κ2) is 7.60. The van der Waals surface area contributed by atoms with Gasteiger partial charge in [0, 0.05) is 44.4 Å². The van der Waals surface area contributed by atoms with Crippen LogP contribution >= 0.6 is 0 Å². The Balaban J connectivity index is 1.29. The highest BCUT2D eigenvalue weighted by Crippen LogP contribution is 2.28. The monoisotopic (exact) mass is 340 g/mol. The smallest absolute Gasteiger partial charge is 0.157 e. The summed E-state index contributed by atoms with van der Waals surface area (Å²) in [6, 6.07) is 9.84. The molecule has 4 unspecified atom stereocenters. The number of ketones is 1. The number of carbonyl (C=O) groups is 1. The van der Waals surface area contributed by atoms with Crippen molar-refractivity contribution >= 4 is 11.7 Å². The molecule has 0 aliphatic carbocycles. The topological polar surface area (TPSA) is 66.0 Å². The zero-order valence-corrected chi connectivity index (χ0v) is 14.2. The highest BCUT2D eigenvalue weighted by Gasteiger charge is 2.38. The third kappa shape index (κ3) is 3.89. The first-order valence-corrected chi connectivity index (χ1v) is 9.03. The molecule has 3 heterocycles. The largest absolute Gasteiger partial charge is 0.297 e. The molecular weight excluding hydrogens is 316 g/mol. The fourth-order valence-corrected chi connectivity index (χ4v) is 3.73. The zero-order valence-electron chi connectivity index (χ0n) is 14.2. The highest BCUT2D eigenvalue weighted by molar-refractivity contribution is 5.87. The molecule has 0 radical (unpaired) electrons. The minimum Gasteiger partial charge on any atom is -0.297 e. The molecule has 1 aromatic carbocycles. The summed E-state index contributed by atoms with van der Waals surface area (Å²) in [4.78, 5) is 22.6. The molecule has 4 rings (SSSR count). The van der Waals surface area contributed by atoms with E-state index in [-0.39, 0.29) is 23.8 Å². The first kappa shape index (κ1) is 16.6. The molecule has 2 fully saturated rings. The van der Waals surface area contributed by atoms with E-state index in [1.807, 2.05) is 36.4 Å². The van der Waals surface area contributed by atoms with E-state index in [1.165, 1.54) is 0 Å². The van der Waals surface area contributed by atoms with Gasteiger partial charge in [-0.1, -0.05) is 30.3 Å². The van der Waals surface area contributed by atoms with Crippen LogP contribution in [0.2, 0.25) is 0 Å². The van der Waals surface area contributed by atoms with E-state index >= 15 is 0 Å². The quantitative estimate of drug-likeness (QED) is 0.845. The number of nitrogens with zero attached hydrogens (tertiary/aromatic N) is 2. The summed E-state index contributed by atoms with van der Waals surface area (Å²) in [6.07, 6.45) is 3.74. The van der Waals surface area contributed by atoms with E-state index in [0.29, 0.717) is 18.9 Å². The number of nitrogens with one attached hydrogen (secondary N) is 2. The van der Waals surface area contributed by atoms with Crippen molar-refractivity contribution in [2.75, 3.05) is 26.2 Å². The average Bonchev–Trinajstić information content (AvgIpc) is 3.33. The third-order valence-corrected chi connectivity index (χ3v) is 5.19. The molecule has 6 heteroatoms. The number of hydroxylamine groups is 1. The lowest BCUT2D eigenvalue weighted by atomic mass is 9.94. The number of aliphatic imine (C=N–C) groups is 1. The number of benzene rings is 1. The normalized spacial score (nSPS) is 32.3. The molecule has 3 aliphatic heterocycles. The summed E-state index contributed by atoms with van der Waals surface area (Å²) >= 11 is 0. The van der Waals surface area contributed by atoms with Crippen LogP contribution in [0, 0.1) is 11.8 Å². The van der Waals surface area contributed by atoms with Crippen LogP contribution in [0.4, 0.5) is 0 Å². The van der Waals surface area contributed by atoms with E-state index in [9.17, 15) is 4.79 Å². The molecule has 4 atom stereocenters. The Hall–Kier alpha value is -1.82. The van der Waals surface area contributed by atoms with E-state index in [4.69, 9.17) is 4.84 Å². The molecule has 0 spiro atoms. The summed E-state index contributed by atoms with van der Waals surface area (Å²) in [6.45, 7) is 3.22. The number of hydrazine groups is 1. The van der Waals surface area contributed by atoms with Crippen LogP contribution in [0.5, 0.6) is 0 Å². The van der Waals surface area contributed by atoms with Gasteiger partial charge in [0.05, 0.1) is 6.04 Å². The van der Waals surface area contributed by atoms with Crippen LogP contribution in [-0.4, -0.2) is 48.9 Å². The molecule has 0 aromatic heterocycles. The molecule has 0 bridgehead atoms. The van der Waals surface area contributed by atoms with Gasteiger partial charge in [-0.15, -0.1) is 0 Å². The van der Waals surface area contributed by atoms with Gasteiger partial charge in [-0.25, -0.2) is 10.0 Å². The summed E-state index contributed by atoms with van der Waals surface area (Å²) in [5, 5.41) is 2.17. The Labute approximate surface area is 147 Å². The maximum atomic E-state index is 12.8. The lowest BCUT2D eigenvalue weighted by molar-refractivity contribution is -0.125. The van der Waals surface area contributed by atoms with Crippen molar-refractivity contribution in [3.05, 3.63) is 42.0 Å². The maximum absolute atomic E-state index is 12.8. The highest BCUT2D eigenvalue weighted by atomic mass is 16.7. The SMILES string of the molecule is O=C(C1CNN(CC2C=C=NCC2)C1)C1CC(c2ccccc2)ON1. The van der Waals surface area contributed by atoms with Crippen molar-refractivity contribution in [3.8, 4) is 0 Å². The fourth-order valence-electron chi connectivity index (χ4n) is 3.73. The number of hydrogen-bond acceptors (Lipinski definition) is 6. The van der Waals surface area contributed by atoms with Gasteiger partial charge in [-0.05, 0) is 23.9 Å². The van der Waals surface area contributed by atoms with E-state index in [2.05, 4.69) is 26.8 Å². The number of carbonyl (C=O) groups excluding carboxylic acids is 1. The number of hydrogen-bond donors (Lipinski definition) is 2. The van der Waals surface area contributed by atoms with Gasteiger partial charge < -0.3 is 0 Å². The van der Waals surface area contributed by atoms with Crippen LogP contribution in [0.15, 0.2) is 41.4 Å². The van der Waals surface area contributed by atoms with Crippen molar-refractivity contribution in [1.29, 1.82) is 0 Å². The molecule has 25 heavy (non-hydrogen) atoms. The average molecular weight is 340 g/mol. The first-order chi connectivity index (χ1) is 12.3. The summed E-state index contributed by atoms with van der Waals surface area (Å²) < 4.78 is 0. The summed E-state index contributed by atoms with van der Waals surface area (Å²) in [5.74, 6) is 3.68. The van der Waals surface area contributed by atoms with Crippen LogP contribution in [0.1, 0.15) is 24.5 Å². The standard InChI is InChI=1S/C19H24N4O2/c24-19(17-10-18(25-22-17)15-4-2-1-3-5-15)16-11-21-23(13-16)12-14-6-8-20-9-7-14/h1-6,14,16-18,21-22H,7,9-13H2. The molecule has 2 N–H and O–H groups in total. The van der Waals surface area contributed by atoms with Gasteiger partial charge in [0.25, 0.3) is 0 Å². The number of Topliss-reactive ketones (excluding diaryl/α,β-unsaturated/α-hetero) is 1. The Morgan fingerprint density at radius 1 is 1.36 bits per heavy atom. The van der Waals surface area contributed by atoms with Gasteiger partial charge in [0.15, 0.2) is 5.78 Å². The van der Waals surface area contributed by atoms with Gasteiger partial charge >= 0.3 is 0 Å². The molecular formula is C19H24N4O2. The Kier molecular flexibility index (Phi) is 5.06. The van der Waals surface area contributed by atoms with Crippen LogP contribution in [0.25, 0.3) is 0 Å². The minimum atomic E-state index is -0.223. The molecule has 3 aliphatic rings. The molecule has 6 nitrogen and oxygen atoms in total. The van der Waals surface area contributed by atoms with Gasteiger partial charge in [-0.3, -0.25) is 15.1 Å². The van der Waals surface area contributed by atoms with Crippen LogP contribution in [0.3, 0.4) is 0 Å². The predicted molar refractivity (Wildman–Crippen MR) is 94.9 cm³/mol. The molecule has 0 saturated carbocycles. The van der Waals surface area contributed by atoms with Gasteiger partial charge in [0.1, 0.15) is 6.10 Å². The third-order valence-electron chi connectivity index (χ3n) is 5.19.